The highest BCUT2D eigenvalue weighted by Gasteiger charge is 2.44. The highest BCUT2D eigenvalue weighted by Crippen LogP contribution is 2.35. The lowest BCUT2D eigenvalue weighted by Gasteiger charge is -2.41. The number of aromatic nitrogens is 3. The molecule has 1 fully saturated rings. The number of nitrogens with one attached hydrogen (secondary N) is 1. The van der Waals surface area contributed by atoms with Gasteiger partial charge in [-0.2, -0.15) is 0 Å². The lowest BCUT2D eigenvalue weighted by molar-refractivity contribution is -0.134. The van der Waals surface area contributed by atoms with Gasteiger partial charge >= 0.3 is 0 Å². The fourth-order valence-corrected chi connectivity index (χ4v) is 4.22. The molecule has 0 spiro atoms. The molecule has 166 valence electrons. The largest absolute Gasteiger partial charge is 0.361 e. The first-order valence-corrected chi connectivity index (χ1v) is 10.9. The first kappa shape index (κ1) is 21.7. The van der Waals surface area contributed by atoms with Crippen LogP contribution in [0.15, 0.2) is 53.4 Å². The predicted octanol–water partition coefficient (Wildman–Crippen LogP) is 3.04. The zero-order chi connectivity index (χ0) is 22.6. The van der Waals surface area contributed by atoms with Crippen molar-refractivity contribution in [2.45, 2.75) is 33.1 Å². The van der Waals surface area contributed by atoms with Crippen LogP contribution < -0.4 is 5.32 Å². The van der Waals surface area contributed by atoms with Crippen molar-refractivity contribution in [3.63, 3.8) is 0 Å². The summed E-state index contributed by atoms with van der Waals surface area (Å²) in [4.78, 5) is 36.0. The third kappa shape index (κ3) is 4.54. The van der Waals surface area contributed by atoms with Crippen molar-refractivity contribution in [3.05, 3.63) is 65.9 Å². The summed E-state index contributed by atoms with van der Waals surface area (Å²) in [6, 6.07) is 9.93. The Morgan fingerprint density at radius 2 is 2.03 bits per heavy atom. The number of hydrogen-bond donors (Lipinski definition) is 1. The summed E-state index contributed by atoms with van der Waals surface area (Å²) in [5.41, 5.74) is 2.34. The molecule has 1 aliphatic rings. The Morgan fingerprint density at radius 1 is 1.22 bits per heavy atom. The van der Waals surface area contributed by atoms with Crippen LogP contribution in [-0.4, -0.2) is 51.5 Å². The molecule has 1 atom stereocenters. The molecule has 3 aromatic rings. The maximum Gasteiger partial charge on any atom is 0.274 e. The number of carbonyl (C=O) groups excluding carboxylic acids is 2. The van der Waals surface area contributed by atoms with Crippen LogP contribution in [0.25, 0.3) is 11.3 Å². The average molecular weight is 434 g/mol. The molecule has 0 aliphatic carbocycles. The highest BCUT2D eigenvalue weighted by molar-refractivity contribution is 5.93. The fraction of sp³-hybridized carbons (Fsp3) is 0.375. The van der Waals surface area contributed by atoms with Gasteiger partial charge in [-0.1, -0.05) is 35.0 Å². The summed E-state index contributed by atoms with van der Waals surface area (Å²) in [6.45, 7) is 5.30. The molecule has 1 saturated heterocycles. The standard InChI is InChI=1S/C24H27N5O3/c1-3-26-23(31)24(9-4-12-29(16-24)22(30)21-15-25-10-11-27-21)14-19-13-20(28-32-19)18-7-5-17(2)6-8-18/h5-8,10-11,13,15H,3-4,9,12,14,16H2,1-2H3,(H,26,31)/t24-/m0/s1. The van der Waals surface area contributed by atoms with Gasteiger partial charge in [-0.3, -0.25) is 14.6 Å². The minimum absolute atomic E-state index is 0.0788. The van der Waals surface area contributed by atoms with E-state index >= 15 is 0 Å². The molecule has 2 amide bonds. The van der Waals surface area contributed by atoms with Crippen molar-refractivity contribution < 1.29 is 14.1 Å². The van der Waals surface area contributed by atoms with Crippen LogP contribution in [0.5, 0.6) is 0 Å². The highest BCUT2D eigenvalue weighted by atomic mass is 16.5. The zero-order valence-corrected chi connectivity index (χ0v) is 18.4. The van der Waals surface area contributed by atoms with E-state index in [0.29, 0.717) is 38.1 Å². The van der Waals surface area contributed by atoms with E-state index in [0.717, 1.165) is 11.3 Å². The molecule has 1 N–H and O–H groups in total. The van der Waals surface area contributed by atoms with E-state index in [4.69, 9.17) is 4.52 Å². The second-order valence-corrected chi connectivity index (χ2v) is 8.28. The summed E-state index contributed by atoms with van der Waals surface area (Å²) < 4.78 is 5.63. The van der Waals surface area contributed by atoms with Gasteiger partial charge < -0.3 is 14.7 Å². The van der Waals surface area contributed by atoms with E-state index < -0.39 is 5.41 Å². The molecule has 0 bridgehead atoms. The van der Waals surface area contributed by atoms with Crippen molar-refractivity contribution in [2.24, 2.45) is 5.41 Å². The topological polar surface area (TPSA) is 101 Å². The van der Waals surface area contributed by atoms with Crippen LogP contribution in [0.4, 0.5) is 0 Å². The minimum Gasteiger partial charge on any atom is -0.361 e. The molecule has 0 unspecified atom stereocenters. The van der Waals surface area contributed by atoms with Gasteiger partial charge in [0.1, 0.15) is 17.1 Å². The lowest BCUT2D eigenvalue weighted by atomic mass is 9.75. The molecule has 8 heteroatoms. The first-order valence-electron chi connectivity index (χ1n) is 10.9. The second-order valence-electron chi connectivity index (χ2n) is 8.28. The van der Waals surface area contributed by atoms with Crippen molar-refractivity contribution in [1.82, 2.24) is 25.3 Å². The first-order chi connectivity index (χ1) is 15.5. The van der Waals surface area contributed by atoms with Gasteiger partial charge in [0.2, 0.25) is 5.91 Å². The van der Waals surface area contributed by atoms with Crippen molar-refractivity contribution >= 4 is 11.8 Å². The van der Waals surface area contributed by atoms with Gasteiger partial charge in [0.15, 0.2) is 0 Å². The Hall–Kier alpha value is -3.55. The molecule has 1 aromatic carbocycles. The second kappa shape index (κ2) is 9.30. The third-order valence-corrected chi connectivity index (χ3v) is 5.88. The summed E-state index contributed by atoms with van der Waals surface area (Å²) in [5, 5.41) is 7.17. The molecular formula is C24H27N5O3. The van der Waals surface area contributed by atoms with E-state index in [2.05, 4.69) is 20.4 Å². The number of piperidine rings is 1. The summed E-state index contributed by atoms with van der Waals surface area (Å²) in [6.07, 6.45) is 6.21. The number of amides is 2. The molecule has 1 aliphatic heterocycles. The third-order valence-electron chi connectivity index (χ3n) is 5.88. The van der Waals surface area contributed by atoms with Gasteiger partial charge in [0, 0.05) is 50.1 Å². The molecule has 32 heavy (non-hydrogen) atoms. The summed E-state index contributed by atoms with van der Waals surface area (Å²) in [5.74, 6) is 0.329. The molecule has 0 saturated carbocycles. The van der Waals surface area contributed by atoms with Crippen LogP contribution in [0, 0.1) is 12.3 Å². The normalized spacial score (nSPS) is 18.4. The maximum atomic E-state index is 13.2. The van der Waals surface area contributed by atoms with Gasteiger partial charge in [-0.05, 0) is 26.7 Å². The predicted molar refractivity (Wildman–Crippen MR) is 119 cm³/mol. The number of rotatable bonds is 6. The number of benzene rings is 1. The smallest absolute Gasteiger partial charge is 0.274 e. The number of likely N-dealkylation sites (tertiary alicyclic amines) is 1. The van der Waals surface area contributed by atoms with Gasteiger partial charge in [0.25, 0.3) is 5.91 Å². The van der Waals surface area contributed by atoms with Crippen molar-refractivity contribution in [2.75, 3.05) is 19.6 Å². The number of aryl methyl sites for hydroxylation is 1. The quantitative estimate of drug-likeness (QED) is 0.641. The van der Waals surface area contributed by atoms with Crippen LogP contribution in [0.1, 0.15) is 41.6 Å². The van der Waals surface area contributed by atoms with Crippen LogP contribution >= 0.6 is 0 Å². The maximum absolute atomic E-state index is 13.2. The monoisotopic (exact) mass is 433 g/mol. The van der Waals surface area contributed by atoms with Crippen molar-refractivity contribution in [3.8, 4) is 11.3 Å². The van der Waals surface area contributed by atoms with Gasteiger partial charge in [-0.25, -0.2) is 4.98 Å². The minimum atomic E-state index is -0.795. The molecule has 0 radical (unpaired) electrons. The van der Waals surface area contributed by atoms with E-state index in [9.17, 15) is 9.59 Å². The number of hydrogen-bond acceptors (Lipinski definition) is 6. The Morgan fingerprint density at radius 3 is 2.75 bits per heavy atom. The Kier molecular flexibility index (Phi) is 6.30. The van der Waals surface area contributed by atoms with Gasteiger partial charge in [-0.15, -0.1) is 0 Å². The number of carbonyl (C=O) groups is 2. The van der Waals surface area contributed by atoms with Crippen LogP contribution in [0.2, 0.25) is 0 Å². The van der Waals surface area contributed by atoms with Crippen molar-refractivity contribution in [1.29, 1.82) is 0 Å². The summed E-state index contributed by atoms with van der Waals surface area (Å²) in [7, 11) is 0. The fourth-order valence-electron chi connectivity index (χ4n) is 4.22. The van der Waals surface area contributed by atoms with E-state index in [1.54, 1.807) is 4.90 Å². The Bertz CT molecular complexity index is 1080. The van der Waals surface area contributed by atoms with E-state index in [1.165, 1.54) is 24.2 Å². The molecule has 4 rings (SSSR count). The number of nitrogens with zero attached hydrogens (tertiary/aromatic N) is 4. The average Bonchev–Trinajstić information content (AvgIpc) is 3.28. The van der Waals surface area contributed by atoms with Crippen LogP contribution in [0.3, 0.4) is 0 Å². The van der Waals surface area contributed by atoms with E-state index in [-0.39, 0.29) is 24.1 Å². The van der Waals surface area contributed by atoms with Gasteiger partial charge in [0.05, 0.1) is 11.6 Å². The lowest BCUT2D eigenvalue weighted by Crippen LogP contribution is -2.54. The van der Waals surface area contributed by atoms with E-state index in [1.807, 2.05) is 44.2 Å². The molecule has 2 aromatic heterocycles. The molecule has 8 nitrogen and oxygen atoms in total. The molecular weight excluding hydrogens is 406 g/mol. The Balaban J connectivity index is 1.59. The van der Waals surface area contributed by atoms with Crippen LogP contribution in [-0.2, 0) is 11.2 Å². The zero-order valence-electron chi connectivity index (χ0n) is 18.4. The Labute approximate surface area is 187 Å². The summed E-state index contributed by atoms with van der Waals surface area (Å²) >= 11 is 0. The SMILES string of the molecule is CCNC(=O)[C@]1(Cc2cc(-c3ccc(C)cc3)no2)CCCN(C(=O)c2cnccn2)C1. The molecule has 3 heterocycles.